The Labute approximate surface area is 186 Å². The van der Waals surface area contributed by atoms with Gasteiger partial charge >= 0.3 is 0 Å². The number of amides is 1. The van der Waals surface area contributed by atoms with E-state index in [-0.39, 0.29) is 17.5 Å². The van der Waals surface area contributed by atoms with Crippen LogP contribution < -0.4 is 14.8 Å². The third-order valence-corrected chi connectivity index (χ3v) is 5.46. The molecule has 5 nitrogen and oxygen atoms in total. The number of hydrogen-bond donors (Lipinski definition) is 1. The first-order valence-corrected chi connectivity index (χ1v) is 10.7. The maximum Gasteiger partial charge on any atom is 0.257 e. The number of hydrogen-bond acceptors (Lipinski definition) is 4. The largest absolute Gasteiger partial charge is 0.494 e. The Balaban J connectivity index is 1.27. The second-order valence-electron chi connectivity index (χ2n) is 7.28. The van der Waals surface area contributed by atoms with Crippen LogP contribution in [0.1, 0.15) is 12.8 Å². The van der Waals surface area contributed by atoms with Crippen LogP contribution in [0.5, 0.6) is 11.5 Å². The highest BCUT2D eigenvalue weighted by Gasteiger charge is 2.22. The average Bonchev–Trinajstić information content (AvgIpc) is 3.18. The van der Waals surface area contributed by atoms with Crippen molar-refractivity contribution in [2.75, 3.05) is 39.4 Å². The van der Waals surface area contributed by atoms with Gasteiger partial charge in [0.25, 0.3) is 5.91 Å². The number of nitrogens with zero attached hydrogens (tertiary/aromatic N) is 1. The lowest BCUT2D eigenvalue weighted by molar-refractivity contribution is -0.123. The minimum absolute atomic E-state index is 0.147. The molecule has 0 saturated carbocycles. The number of nitrogens with one attached hydrogen (secondary N) is 1. The average molecular weight is 455 g/mol. The predicted octanol–water partition coefficient (Wildman–Crippen LogP) is 4.42. The first-order chi connectivity index (χ1) is 14.5. The van der Waals surface area contributed by atoms with Crippen LogP contribution in [0, 0.1) is 11.7 Å². The molecule has 1 N–H and O–H groups in total. The van der Waals surface area contributed by atoms with E-state index in [2.05, 4.69) is 10.2 Å². The van der Waals surface area contributed by atoms with Gasteiger partial charge in [-0.05, 0) is 67.8 Å². The molecule has 2 aromatic rings. The van der Waals surface area contributed by atoms with Gasteiger partial charge in [-0.1, -0.05) is 23.2 Å². The Hall–Kier alpha value is -2.02. The van der Waals surface area contributed by atoms with Crippen molar-refractivity contribution in [3.63, 3.8) is 0 Å². The molecule has 1 aliphatic heterocycles. The highest BCUT2D eigenvalue weighted by atomic mass is 35.5. The fourth-order valence-corrected chi connectivity index (χ4v) is 3.68. The molecule has 162 valence electrons. The second-order valence-corrected chi connectivity index (χ2v) is 8.12. The minimum atomic E-state index is -0.445. The van der Waals surface area contributed by atoms with Gasteiger partial charge in [0.2, 0.25) is 0 Å². The standard InChI is InChI=1S/C22H25Cl2FN2O3/c23-17-2-5-19(6-3-17)29-11-1-9-27-10-8-16(14-27)13-26-22(28)15-30-21-7-4-18(25)12-20(21)24/h2-7,12,16H,1,8-11,13-15H2,(H,26,28). The second kappa shape index (κ2) is 11.4. The van der Waals surface area contributed by atoms with Crippen molar-refractivity contribution in [3.05, 3.63) is 58.3 Å². The van der Waals surface area contributed by atoms with E-state index in [4.69, 9.17) is 32.7 Å². The first-order valence-electron chi connectivity index (χ1n) is 9.95. The van der Waals surface area contributed by atoms with Crippen molar-refractivity contribution in [1.29, 1.82) is 0 Å². The first kappa shape index (κ1) is 22.7. The van der Waals surface area contributed by atoms with Gasteiger partial charge < -0.3 is 19.7 Å². The third-order valence-electron chi connectivity index (χ3n) is 4.91. The molecule has 2 aromatic carbocycles. The molecule has 8 heteroatoms. The Morgan fingerprint density at radius 1 is 1.17 bits per heavy atom. The number of carbonyl (C=O) groups is 1. The maximum atomic E-state index is 13.0. The SMILES string of the molecule is O=C(COc1ccc(F)cc1Cl)NCC1CCN(CCCOc2ccc(Cl)cc2)C1. The van der Waals surface area contributed by atoms with Gasteiger partial charge in [-0.25, -0.2) is 4.39 Å². The number of carbonyl (C=O) groups excluding carboxylic acids is 1. The molecule has 0 radical (unpaired) electrons. The van der Waals surface area contributed by atoms with Gasteiger partial charge in [-0.3, -0.25) is 4.79 Å². The summed E-state index contributed by atoms with van der Waals surface area (Å²) in [5, 5.41) is 3.74. The molecule has 3 rings (SSSR count). The fraction of sp³-hybridized carbons (Fsp3) is 0.409. The molecule has 0 spiro atoms. The number of halogens is 3. The molecule has 0 bridgehead atoms. The molecule has 1 fully saturated rings. The number of rotatable bonds is 10. The van der Waals surface area contributed by atoms with E-state index in [1.165, 1.54) is 12.1 Å². The lowest BCUT2D eigenvalue weighted by Crippen LogP contribution is -2.34. The molecular weight excluding hydrogens is 430 g/mol. The summed E-state index contributed by atoms with van der Waals surface area (Å²) in [6.07, 6.45) is 1.98. The van der Waals surface area contributed by atoms with Gasteiger partial charge in [-0.15, -0.1) is 0 Å². The summed E-state index contributed by atoms with van der Waals surface area (Å²) in [5.41, 5.74) is 0. The Kier molecular flexibility index (Phi) is 8.61. The summed E-state index contributed by atoms with van der Waals surface area (Å²) < 4.78 is 24.1. The summed E-state index contributed by atoms with van der Waals surface area (Å²) in [4.78, 5) is 14.4. The van der Waals surface area contributed by atoms with Crippen LogP contribution in [0.3, 0.4) is 0 Å². The van der Waals surface area contributed by atoms with Crippen molar-refractivity contribution in [1.82, 2.24) is 10.2 Å². The number of likely N-dealkylation sites (tertiary alicyclic amines) is 1. The topological polar surface area (TPSA) is 50.8 Å². The summed E-state index contributed by atoms with van der Waals surface area (Å²) in [6.45, 7) is 4.04. The maximum absolute atomic E-state index is 13.0. The van der Waals surface area contributed by atoms with Gasteiger partial charge in [0.05, 0.1) is 11.6 Å². The molecule has 1 saturated heterocycles. The zero-order chi connectivity index (χ0) is 21.3. The van der Waals surface area contributed by atoms with Crippen LogP contribution >= 0.6 is 23.2 Å². The fourth-order valence-electron chi connectivity index (χ4n) is 3.34. The number of ether oxygens (including phenoxy) is 2. The van der Waals surface area contributed by atoms with E-state index in [0.29, 0.717) is 29.8 Å². The zero-order valence-corrected chi connectivity index (χ0v) is 18.1. The summed E-state index contributed by atoms with van der Waals surface area (Å²) >= 11 is 11.7. The monoisotopic (exact) mass is 454 g/mol. The van der Waals surface area contributed by atoms with Gasteiger partial charge in [-0.2, -0.15) is 0 Å². The summed E-state index contributed by atoms with van der Waals surface area (Å²) in [7, 11) is 0. The van der Waals surface area contributed by atoms with Crippen molar-refractivity contribution in [2.24, 2.45) is 5.92 Å². The van der Waals surface area contributed by atoms with Gasteiger partial charge in [0, 0.05) is 24.7 Å². The van der Waals surface area contributed by atoms with E-state index in [1.54, 1.807) is 0 Å². The van der Waals surface area contributed by atoms with Crippen LogP contribution in [0.2, 0.25) is 10.0 Å². The van der Waals surface area contributed by atoms with Crippen LogP contribution in [-0.4, -0.2) is 50.2 Å². The minimum Gasteiger partial charge on any atom is -0.494 e. The predicted molar refractivity (Wildman–Crippen MR) is 116 cm³/mol. The lowest BCUT2D eigenvalue weighted by atomic mass is 10.1. The van der Waals surface area contributed by atoms with E-state index >= 15 is 0 Å². The molecule has 1 amide bonds. The molecule has 1 heterocycles. The normalized spacial score (nSPS) is 16.4. The molecule has 1 aliphatic rings. The highest BCUT2D eigenvalue weighted by Crippen LogP contribution is 2.24. The summed E-state index contributed by atoms with van der Waals surface area (Å²) in [6, 6.07) is 11.2. The van der Waals surface area contributed by atoms with Crippen LogP contribution in [0.15, 0.2) is 42.5 Å². The van der Waals surface area contributed by atoms with E-state index in [0.717, 1.165) is 44.3 Å². The Morgan fingerprint density at radius 2 is 1.97 bits per heavy atom. The molecule has 0 aromatic heterocycles. The van der Waals surface area contributed by atoms with Gasteiger partial charge in [0.15, 0.2) is 6.61 Å². The number of benzene rings is 2. The van der Waals surface area contributed by atoms with Crippen molar-refractivity contribution >= 4 is 29.1 Å². The molecule has 30 heavy (non-hydrogen) atoms. The lowest BCUT2D eigenvalue weighted by Gasteiger charge is -2.16. The van der Waals surface area contributed by atoms with Crippen molar-refractivity contribution < 1.29 is 18.7 Å². The molecular formula is C22H25Cl2FN2O3. The quantitative estimate of drug-likeness (QED) is 0.539. The zero-order valence-electron chi connectivity index (χ0n) is 16.6. The van der Waals surface area contributed by atoms with E-state index < -0.39 is 5.82 Å². The van der Waals surface area contributed by atoms with Crippen molar-refractivity contribution in [2.45, 2.75) is 12.8 Å². The Morgan fingerprint density at radius 3 is 2.73 bits per heavy atom. The molecule has 1 atom stereocenters. The van der Waals surface area contributed by atoms with Crippen LogP contribution in [-0.2, 0) is 4.79 Å². The van der Waals surface area contributed by atoms with Crippen LogP contribution in [0.4, 0.5) is 4.39 Å². The Bertz CT molecular complexity index is 836. The summed E-state index contributed by atoms with van der Waals surface area (Å²) in [5.74, 6) is 0.872. The van der Waals surface area contributed by atoms with E-state index in [1.807, 2.05) is 24.3 Å². The van der Waals surface area contributed by atoms with Crippen LogP contribution in [0.25, 0.3) is 0 Å². The molecule has 1 unspecified atom stereocenters. The molecule has 0 aliphatic carbocycles. The third kappa shape index (κ3) is 7.35. The highest BCUT2D eigenvalue weighted by molar-refractivity contribution is 6.32. The van der Waals surface area contributed by atoms with Crippen molar-refractivity contribution in [3.8, 4) is 11.5 Å². The van der Waals surface area contributed by atoms with Gasteiger partial charge in [0.1, 0.15) is 17.3 Å². The van der Waals surface area contributed by atoms with E-state index in [9.17, 15) is 9.18 Å². The smallest absolute Gasteiger partial charge is 0.257 e.